The molecule has 1 fully saturated rings. The number of nitrogens with one attached hydrogen (secondary N) is 2. The number of hydrogen-bond donors (Lipinski definition) is 2. The largest absolute Gasteiger partial charge is 0.356 e. The second kappa shape index (κ2) is 10.5. The molecular formula is C18H29ClN4. The van der Waals surface area contributed by atoms with E-state index in [0.717, 1.165) is 30.5 Å². The Hall–Kier alpha value is -1.26. The number of hydrogen-bond acceptors (Lipinski definition) is 2. The van der Waals surface area contributed by atoms with Crippen molar-refractivity contribution in [2.75, 3.05) is 39.8 Å². The summed E-state index contributed by atoms with van der Waals surface area (Å²) in [6.45, 7) is 5.62. The zero-order valence-corrected chi connectivity index (χ0v) is 14.9. The van der Waals surface area contributed by atoms with Crippen LogP contribution in [-0.4, -0.2) is 50.6 Å². The Labute approximate surface area is 145 Å². The quantitative estimate of drug-likeness (QED) is 0.435. The van der Waals surface area contributed by atoms with Crippen LogP contribution in [0.1, 0.15) is 31.2 Å². The van der Waals surface area contributed by atoms with Gasteiger partial charge in [0.1, 0.15) is 0 Å². The standard InChI is InChI=1S/C18H29ClN4/c1-20-18(21-11-4-5-13-23-14-6-7-15-23)22-12-10-16-8-2-3-9-17(16)19/h2-3,8-9H,4-7,10-15H2,1H3,(H2,20,21,22). The molecule has 0 spiro atoms. The highest BCUT2D eigenvalue weighted by molar-refractivity contribution is 6.31. The van der Waals surface area contributed by atoms with Crippen LogP contribution in [0, 0.1) is 0 Å². The van der Waals surface area contributed by atoms with Gasteiger partial charge in [-0.15, -0.1) is 0 Å². The summed E-state index contributed by atoms with van der Waals surface area (Å²) in [4.78, 5) is 6.83. The minimum atomic E-state index is 0.831. The molecule has 0 radical (unpaired) electrons. The highest BCUT2D eigenvalue weighted by Gasteiger charge is 2.10. The average molecular weight is 337 g/mol. The second-order valence-electron chi connectivity index (χ2n) is 6.02. The normalized spacial score (nSPS) is 15.8. The number of halogens is 1. The van der Waals surface area contributed by atoms with Gasteiger partial charge in [0.25, 0.3) is 0 Å². The van der Waals surface area contributed by atoms with E-state index in [1.165, 1.54) is 50.9 Å². The maximum Gasteiger partial charge on any atom is 0.190 e. The van der Waals surface area contributed by atoms with Crippen LogP contribution in [0.15, 0.2) is 29.3 Å². The molecule has 2 N–H and O–H groups in total. The van der Waals surface area contributed by atoms with Gasteiger partial charge < -0.3 is 15.5 Å². The Morgan fingerprint density at radius 3 is 2.61 bits per heavy atom. The van der Waals surface area contributed by atoms with Crippen molar-refractivity contribution in [3.63, 3.8) is 0 Å². The number of unbranched alkanes of at least 4 members (excludes halogenated alkanes) is 1. The number of guanidine groups is 1. The summed E-state index contributed by atoms with van der Waals surface area (Å²) in [6.07, 6.45) is 6.08. The molecule has 1 aliphatic heterocycles. The van der Waals surface area contributed by atoms with Crippen LogP contribution in [0.25, 0.3) is 0 Å². The summed E-state index contributed by atoms with van der Waals surface area (Å²) in [7, 11) is 1.81. The molecule has 0 atom stereocenters. The molecule has 5 heteroatoms. The van der Waals surface area contributed by atoms with Crippen LogP contribution < -0.4 is 10.6 Å². The number of nitrogens with zero attached hydrogens (tertiary/aromatic N) is 2. The molecule has 4 nitrogen and oxygen atoms in total. The lowest BCUT2D eigenvalue weighted by molar-refractivity contribution is 0.330. The minimum absolute atomic E-state index is 0.831. The third kappa shape index (κ3) is 6.80. The number of rotatable bonds is 8. The lowest BCUT2D eigenvalue weighted by Gasteiger charge is -2.15. The van der Waals surface area contributed by atoms with Crippen molar-refractivity contribution in [1.29, 1.82) is 0 Å². The molecule has 0 aromatic heterocycles. The molecule has 0 amide bonds. The summed E-state index contributed by atoms with van der Waals surface area (Å²) in [5.41, 5.74) is 1.17. The third-order valence-electron chi connectivity index (χ3n) is 4.26. The summed E-state index contributed by atoms with van der Waals surface area (Å²) >= 11 is 6.17. The van der Waals surface area contributed by atoms with Crippen molar-refractivity contribution in [3.05, 3.63) is 34.9 Å². The van der Waals surface area contributed by atoms with Gasteiger partial charge in [0.15, 0.2) is 5.96 Å². The fraction of sp³-hybridized carbons (Fsp3) is 0.611. The van der Waals surface area contributed by atoms with E-state index in [1.54, 1.807) is 0 Å². The van der Waals surface area contributed by atoms with Gasteiger partial charge in [0, 0.05) is 25.2 Å². The molecule has 0 aliphatic carbocycles. The molecule has 1 aromatic rings. The first-order valence-corrected chi connectivity index (χ1v) is 9.07. The van der Waals surface area contributed by atoms with E-state index in [0.29, 0.717) is 0 Å². The van der Waals surface area contributed by atoms with Crippen molar-refractivity contribution in [2.45, 2.75) is 32.1 Å². The Balaban J connectivity index is 1.55. The van der Waals surface area contributed by atoms with Crippen LogP contribution in [0.2, 0.25) is 5.02 Å². The highest BCUT2D eigenvalue weighted by Crippen LogP contribution is 2.14. The lowest BCUT2D eigenvalue weighted by Crippen LogP contribution is -2.38. The van der Waals surface area contributed by atoms with Gasteiger partial charge >= 0.3 is 0 Å². The van der Waals surface area contributed by atoms with E-state index in [-0.39, 0.29) is 0 Å². The maximum absolute atomic E-state index is 6.17. The molecular weight excluding hydrogens is 308 g/mol. The first-order valence-electron chi connectivity index (χ1n) is 8.70. The summed E-state index contributed by atoms with van der Waals surface area (Å²) in [5.74, 6) is 0.873. The van der Waals surface area contributed by atoms with E-state index in [1.807, 2.05) is 25.2 Å². The SMILES string of the molecule is CN=C(NCCCCN1CCCC1)NCCc1ccccc1Cl. The second-order valence-corrected chi connectivity index (χ2v) is 6.43. The molecule has 2 rings (SSSR count). The van der Waals surface area contributed by atoms with Crippen molar-refractivity contribution < 1.29 is 0 Å². The molecule has 1 aliphatic rings. The molecule has 1 aromatic carbocycles. The van der Waals surface area contributed by atoms with Gasteiger partial charge in [0.05, 0.1) is 0 Å². The van der Waals surface area contributed by atoms with Crippen LogP contribution in [0.5, 0.6) is 0 Å². The van der Waals surface area contributed by atoms with Crippen molar-refractivity contribution >= 4 is 17.6 Å². The molecule has 0 saturated carbocycles. The van der Waals surface area contributed by atoms with Crippen molar-refractivity contribution in [2.24, 2.45) is 4.99 Å². The molecule has 23 heavy (non-hydrogen) atoms. The fourth-order valence-corrected chi connectivity index (χ4v) is 3.14. The third-order valence-corrected chi connectivity index (χ3v) is 4.63. The summed E-state index contributed by atoms with van der Waals surface area (Å²) < 4.78 is 0. The Kier molecular flexibility index (Phi) is 8.26. The Morgan fingerprint density at radius 1 is 1.13 bits per heavy atom. The molecule has 0 unspecified atom stereocenters. The zero-order valence-electron chi connectivity index (χ0n) is 14.2. The average Bonchev–Trinajstić information content (AvgIpc) is 3.08. The fourth-order valence-electron chi connectivity index (χ4n) is 2.91. The van der Waals surface area contributed by atoms with Gasteiger partial charge in [-0.2, -0.15) is 0 Å². The van der Waals surface area contributed by atoms with E-state index >= 15 is 0 Å². The topological polar surface area (TPSA) is 39.7 Å². The summed E-state index contributed by atoms with van der Waals surface area (Å²) in [5, 5.41) is 7.56. The first-order chi connectivity index (χ1) is 11.3. The van der Waals surface area contributed by atoms with Gasteiger partial charge in [-0.3, -0.25) is 4.99 Å². The zero-order chi connectivity index (χ0) is 16.3. The Morgan fingerprint density at radius 2 is 1.87 bits per heavy atom. The maximum atomic E-state index is 6.17. The minimum Gasteiger partial charge on any atom is -0.356 e. The van der Waals surface area contributed by atoms with E-state index in [2.05, 4.69) is 26.6 Å². The lowest BCUT2D eigenvalue weighted by atomic mass is 10.1. The number of likely N-dealkylation sites (tertiary alicyclic amines) is 1. The number of benzene rings is 1. The molecule has 1 saturated heterocycles. The van der Waals surface area contributed by atoms with Crippen molar-refractivity contribution in [1.82, 2.24) is 15.5 Å². The predicted molar refractivity (Wildman–Crippen MR) is 99.4 cm³/mol. The van der Waals surface area contributed by atoms with Crippen molar-refractivity contribution in [3.8, 4) is 0 Å². The molecule has 1 heterocycles. The Bertz CT molecular complexity index is 484. The van der Waals surface area contributed by atoms with Gasteiger partial charge in [-0.25, -0.2) is 0 Å². The van der Waals surface area contributed by atoms with E-state index in [9.17, 15) is 0 Å². The van der Waals surface area contributed by atoms with Crippen LogP contribution in [-0.2, 0) is 6.42 Å². The number of aliphatic imine (C=N–C) groups is 1. The molecule has 128 valence electrons. The van der Waals surface area contributed by atoms with Crippen LogP contribution >= 0.6 is 11.6 Å². The van der Waals surface area contributed by atoms with Gasteiger partial charge in [0.2, 0.25) is 0 Å². The van der Waals surface area contributed by atoms with Gasteiger partial charge in [-0.1, -0.05) is 29.8 Å². The summed E-state index contributed by atoms with van der Waals surface area (Å²) in [6, 6.07) is 7.99. The van der Waals surface area contributed by atoms with Gasteiger partial charge in [-0.05, 0) is 63.4 Å². The van der Waals surface area contributed by atoms with E-state index < -0.39 is 0 Å². The first kappa shape index (κ1) is 18.1. The monoisotopic (exact) mass is 336 g/mol. The smallest absolute Gasteiger partial charge is 0.190 e. The predicted octanol–water partition coefficient (Wildman–Crippen LogP) is 2.92. The van der Waals surface area contributed by atoms with Crippen LogP contribution in [0.3, 0.4) is 0 Å². The highest BCUT2D eigenvalue weighted by atomic mass is 35.5. The van der Waals surface area contributed by atoms with Crippen LogP contribution in [0.4, 0.5) is 0 Å². The van der Waals surface area contributed by atoms with E-state index in [4.69, 9.17) is 11.6 Å². The molecule has 0 bridgehead atoms.